The number of rotatable bonds is 10. The van der Waals surface area contributed by atoms with E-state index >= 15 is 0 Å². The third-order valence-corrected chi connectivity index (χ3v) is 4.68. The molecule has 1 aromatic rings. The summed E-state index contributed by atoms with van der Waals surface area (Å²) in [6.07, 6.45) is 0.213. The third-order valence-electron chi connectivity index (χ3n) is 4.37. The molecule has 0 spiro atoms. The Morgan fingerprint density at radius 1 is 1.52 bits per heavy atom. The van der Waals surface area contributed by atoms with Crippen LogP contribution in [0.1, 0.15) is 6.92 Å². The number of nitrogens with zero attached hydrogens (tertiary/aromatic N) is 2. The van der Waals surface area contributed by atoms with E-state index in [1.165, 1.54) is 35.1 Å². The lowest BCUT2D eigenvalue weighted by Crippen LogP contribution is -2.34. The van der Waals surface area contributed by atoms with Crippen LogP contribution in [-0.4, -0.2) is 80.7 Å². The zero-order valence-corrected chi connectivity index (χ0v) is 18.2. The van der Waals surface area contributed by atoms with Gasteiger partial charge in [0.15, 0.2) is 11.5 Å². The molecular formula is C19H27FN5O5S+. The summed E-state index contributed by atoms with van der Waals surface area (Å²) in [5, 5.41) is 5.92. The van der Waals surface area contributed by atoms with Gasteiger partial charge in [0.1, 0.15) is 12.6 Å². The number of amides is 1. The Balaban J connectivity index is 1.96. The van der Waals surface area contributed by atoms with Crippen molar-refractivity contribution < 1.29 is 32.8 Å². The first-order valence-corrected chi connectivity index (χ1v) is 10.1. The van der Waals surface area contributed by atoms with E-state index in [0.717, 1.165) is 0 Å². The van der Waals surface area contributed by atoms with Crippen molar-refractivity contribution in [2.24, 2.45) is 5.73 Å². The number of halogens is 1. The van der Waals surface area contributed by atoms with E-state index in [1.807, 2.05) is 0 Å². The molecule has 31 heavy (non-hydrogen) atoms. The molecule has 12 heteroatoms. The predicted molar refractivity (Wildman–Crippen MR) is 116 cm³/mol. The molecule has 1 atom stereocenters. The van der Waals surface area contributed by atoms with Gasteiger partial charge in [0.2, 0.25) is 6.34 Å². The molecule has 1 aliphatic heterocycles. The van der Waals surface area contributed by atoms with Crippen molar-refractivity contribution in [1.29, 1.82) is 0 Å². The molecule has 0 aromatic heterocycles. The second-order valence-electron chi connectivity index (χ2n) is 6.45. The third kappa shape index (κ3) is 7.03. The van der Waals surface area contributed by atoms with Crippen molar-refractivity contribution in [1.82, 2.24) is 10.6 Å². The number of methoxy groups -OCH3 is 1. The van der Waals surface area contributed by atoms with E-state index in [1.54, 1.807) is 13.0 Å². The van der Waals surface area contributed by atoms with Gasteiger partial charge < -0.3 is 24.8 Å². The standard InChI is InChI=1S/C19H26FN5O5S/c1-3-29-17(26)10-22-6-7-24(12-21)16-5-4-13(8-15(16)20)25-11-14(30-19(25)27)9-23-18(31)28-2/h4-5,8,12,14,21-22H,3,6-7,9-11H2,1-2H3,(H,23,31)/p+1/t14-/m0/s1. The molecule has 2 rings (SSSR count). The summed E-state index contributed by atoms with van der Waals surface area (Å²) >= 11 is 4.89. The Labute approximate surface area is 185 Å². The summed E-state index contributed by atoms with van der Waals surface area (Å²) in [6.45, 7) is 3.31. The fourth-order valence-corrected chi connectivity index (χ4v) is 2.97. The molecule has 4 N–H and O–H groups in total. The average molecular weight is 457 g/mol. The summed E-state index contributed by atoms with van der Waals surface area (Å²) in [5.74, 6) is -0.920. The first-order valence-electron chi connectivity index (χ1n) is 9.67. The Morgan fingerprint density at radius 3 is 2.94 bits per heavy atom. The van der Waals surface area contributed by atoms with Gasteiger partial charge in [-0.1, -0.05) is 0 Å². The zero-order chi connectivity index (χ0) is 22.8. The Hall–Kier alpha value is -2.99. The van der Waals surface area contributed by atoms with Crippen molar-refractivity contribution in [2.45, 2.75) is 13.0 Å². The van der Waals surface area contributed by atoms with E-state index in [9.17, 15) is 14.0 Å². The minimum absolute atomic E-state index is 0.0515. The van der Waals surface area contributed by atoms with Gasteiger partial charge in [-0.2, -0.15) is 0 Å². The van der Waals surface area contributed by atoms with Crippen molar-refractivity contribution in [3.8, 4) is 0 Å². The van der Waals surface area contributed by atoms with Gasteiger partial charge in [-0.3, -0.25) is 15.4 Å². The van der Waals surface area contributed by atoms with Gasteiger partial charge in [0, 0.05) is 12.6 Å². The minimum atomic E-state index is -0.576. The number of nitrogens with one attached hydrogen (secondary N) is 2. The van der Waals surface area contributed by atoms with Gasteiger partial charge in [0.25, 0.3) is 5.17 Å². The molecule has 0 aliphatic carbocycles. The van der Waals surface area contributed by atoms with E-state index < -0.39 is 18.0 Å². The Bertz CT molecular complexity index is 838. The van der Waals surface area contributed by atoms with Gasteiger partial charge in [-0.25, -0.2) is 13.8 Å². The van der Waals surface area contributed by atoms with Crippen LogP contribution in [0.25, 0.3) is 0 Å². The lowest BCUT2D eigenvalue weighted by Gasteiger charge is -2.15. The monoisotopic (exact) mass is 456 g/mol. The number of hydrogen-bond donors (Lipinski definition) is 3. The minimum Gasteiger partial charge on any atom is -0.474 e. The van der Waals surface area contributed by atoms with Crippen LogP contribution in [0, 0.1) is 5.82 Å². The number of hydrogen-bond acceptors (Lipinski definition) is 7. The summed E-state index contributed by atoms with van der Waals surface area (Å²) in [4.78, 5) is 24.8. The lowest BCUT2D eigenvalue weighted by atomic mass is 10.2. The molecule has 0 saturated carbocycles. The van der Waals surface area contributed by atoms with Crippen LogP contribution in [0.5, 0.6) is 0 Å². The molecule has 1 fully saturated rings. The summed E-state index contributed by atoms with van der Waals surface area (Å²) in [7, 11) is 1.44. The first kappa shape index (κ1) is 24.3. The fourth-order valence-electron chi connectivity index (χ4n) is 2.88. The molecule has 1 heterocycles. The van der Waals surface area contributed by atoms with Crippen LogP contribution in [0.4, 0.5) is 20.6 Å². The topological polar surface area (TPSA) is 118 Å². The quantitative estimate of drug-likeness (QED) is 0.115. The number of cyclic esters (lactones) is 1. The van der Waals surface area contributed by atoms with Crippen LogP contribution in [0.3, 0.4) is 0 Å². The van der Waals surface area contributed by atoms with E-state index in [-0.39, 0.29) is 36.5 Å². The summed E-state index contributed by atoms with van der Waals surface area (Å²) < 4.78 is 31.2. The number of ether oxygens (including phenoxy) is 3. The van der Waals surface area contributed by atoms with E-state index in [2.05, 4.69) is 10.6 Å². The highest BCUT2D eigenvalue weighted by molar-refractivity contribution is 7.80. The largest absolute Gasteiger partial charge is 0.474 e. The normalized spacial score (nSPS) is 16.1. The lowest BCUT2D eigenvalue weighted by molar-refractivity contribution is -0.436. The Kier molecular flexibility index (Phi) is 9.40. The second-order valence-corrected chi connectivity index (χ2v) is 6.82. The number of esters is 1. The maximum atomic E-state index is 14.8. The summed E-state index contributed by atoms with van der Waals surface area (Å²) in [6, 6.07) is 4.38. The smallest absolute Gasteiger partial charge is 0.414 e. The molecule has 0 radical (unpaired) electrons. The first-order chi connectivity index (χ1) is 14.9. The molecule has 170 valence electrons. The van der Waals surface area contributed by atoms with Crippen molar-refractivity contribution in [2.75, 3.05) is 51.3 Å². The predicted octanol–water partition coefficient (Wildman–Crippen LogP) is 0.456. The molecule has 1 saturated heterocycles. The van der Waals surface area contributed by atoms with Crippen molar-refractivity contribution in [3.05, 3.63) is 24.0 Å². The summed E-state index contributed by atoms with van der Waals surface area (Å²) in [5.41, 5.74) is 6.23. The van der Waals surface area contributed by atoms with Crippen LogP contribution in [0.2, 0.25) is 0 Å². The van der Waals surface area contributed by atoms with Crippen molar-refractivity contribution >= 4 is 47.2 Å². The fraction of sp³-hybridized carbons (Fsp3) is 0.474. The zero-order valence-electron chi connectivity index (χ0n) is 17.4. The SMILES string of the molecule is CCOC(=O)CNCC[N+](=CN)c1ccc(N2C[C@H](CNC(=S)OC)OC2=O)cc1F. The van der Waals surface area contributed by atoms with Crippen LogP contribution >= 0.6 is 12.2 Å². The number of carbonyl (C=O) groups is 2. The second kappa shape index (κ2) is 12.0. The van der Waals surface area contributed by atoms with Gasteiger partial charge >= 0.3 is 12.1 Å². The van der Waals surface area contributed by atoms with Gasteiger partial charge in [-0.05, 0) is 31.3 Å². The van der Waals surface area contributed by atoms with E-state index in [0.29, 0.717) is 25.4 Å². The number of benzene rings is 1. The molecule has 0 bridgehead atoms. The van der Waals surface area contributed by atoms with Crippen molar-refractivity contribution in [3.63, 3.8) is 0 Å². The molecule has 1 aliphatic rings. The van der Waals surface area contributed by atoms with E-state index in [4.69, 9.17) is 32.2 Å². The molecular weight excluding hydrogens is 429 g/mol. The highest BCUT2D eigenvalue weighted by Gasteiger charge is 2.33. The molecule has 1 amide bonds. The molecule has 0 unspecified atom stereocenters. The van der Waals surface area contributed by atoms with Gasteiger partial charge in [0.05, 0.1) is 39.0 Å². The maximum absolute atomic E-state index is 14.8. The highest BCUT2D eigenvalue weighted by atomic mass is 32.1. The number of anilines is 1. The molecule has 10 nitrogen and oxygen atoms in total. The number of carbonyl (C=O) groups excluding carboxylic acids is 2. The molecule has 1 aromatic carbocycles. The number of thiocarbonyl (C=S) groups is 1. The van der Waals surface area contributed by atoms with Crippen LogP contribution < -0.4 is 21.3 Å². The number of nitrogens with two attached hydrogens (primary N) is 1. The van der Waals surface area contributed by atoms with Gasteiger partial charge in [-0.15, -0.1) is 0 Å². The average Bonchev–Trinajstić information content (AvgIpc) is 3.13. The highest BCUT2D eigenvalue weighted by Crippen LogP contribution is 2.27. The van der Waals surface area contributed by atoms with Crippen LogP contribution in [-0.2, 0) is 19.0 Å². The Morgan fingerprint density at radius 2 is 2.29 bits per heavy atom. The van der Waals surface area contributed by atoms with Crippen LogP contribution in [0.15, 0.2) is 18.2 Å². The maximum Gasteiger partial charge on any atom is 0.414 e.